The Morgan fingerprint density at radius 1 is 1.07 bits per heavy atom. The summed E-state index contributed by atoms with van der Waals surface area (Å²) < 4.78 is 0. The third kappa shape index (κ3) is 3.67. The summed E-state index contributed by atoms with van der Waals surface area (Å²) in [4.78, 5) is 0. The molecule has 2 N–H and O–H groups in total. The molecule has 15 heavy (non-hydrogen) atoms. The number of hydrogen-bond acceptors (Lipinski definition) is 1. The lowest BCUT2D eigenvalue weighted by molar-refractivity contribution is 0.440. The first-order chi connectivity index (χ1) is 7.17. The van der Waals surface area contributed by atoms with Crippen LogP contribution in [-0.4, -0.2) is 6.04 Å². The van der Waals surface area contributed by atoms with Crippen LogP contribution in [-0.2, 0) is 12.8 Å². The van der Waals surface area contributed by atoms with Gasteiger partial charge in [-0.3, -0.25) is 0 Å². The van der Waals surface area contributed by atoms with Crippen LogP contribution in [0, 0.1) is 5.92 Å². The van der Waals surface area contributed by atoms with Gasteiger partial charge in [-0.05, 0) is 29.9 Å². The minimum atomic E-state index is 0.294. The van der Waals surface area contributed by atoms with Crippen molar-refractivity contribution in [3.8, 4) is 0 Å². The molecule has 0 amide bonds. The summed E-state index contributed by atoms with van der Waals surface area (Å²) in [5, 5.41) is 0. The van der Waals surface area contributed by atoms with Gasteiger partial charge in [-0.15, -0.1) is 0 Å². The maximum Gasteiger partial charge on any atom is 0.0105 e. The molecule has 1 heteroatoms. The summed E-state index contributed by atoms with van der Waals surface area (Å²) >= 11 is 0. The lowest BCUT2D eigenvalue weighted by Gasteiger charge is -2.18. The van der Waals surface area contributed by atoms with Crippen LogP contribution >= 0.6 is 0 Å². The fraction of sp³-hybridized carbons (Fsp3) is 0.571. The van der Waals surface area contributed by atoms with Crippen molar-refractivity contribution in [2.75, 3.05) is 0 Å². The Morgan fingerprint density at radius 2 is 1.60 bits per heavy atom. The Bertz CT molecular complexity index is 276. The van der Waals surface area contributed by atoms with E-state index in [1.54, 1.807) is 0 Å². The first-order valence-electron chi connectivity index (χ1n) is 6.00. The van der Waals surface area contributed by atoms with E-state index < -0.39 is 0 Å². The summed E-state index contributed by atoms with van der Waals surface area (Å²) in [6.07, 6.45) is 3.27. The molecule has 0 saturated heterocycles. The number of rotatable bonds is 5. The van der Waals surface area contributed by atoms with Crippen molar-refractivity contribution in [1.82, 2.24) is 0 Å². The quantitative estimate of drug-likeness (QED) is 0.785. The van der Waals surface area contributed by atoms with Crippen molar-refractivity contribution in [2.45, 2.75) is 46.1 Å². The van der Waals surface area contributed by atoms with Crippen LogP contribution in [0.15, 0.2) is 24.3 Å². The molecule has 0 aliphatic heterocycles. The van der Waals surface area contributed by atoms with Gasteiger partial charge in [0, 0.05) is 6.04 Å². The molecule has 1 aromatic rings. The van der Waals surface area contributed by atoms with Gasteiger partial charge in [-0.25, -0.2) is 0 Å². The minimum Gasteiger partial charge on any atom is -0.327 e. The van der Waals surface area contributed by atoms with Gasteiger partial charge in [0.05, 0.1) is 0 Å². The maximum atomic E-state index is 6.13. The molecule has 0 aromatic heterocycles. The number of nitrogens with two attached hydrogens (primary N) is 1. The number of aryl methyl sites for hydroxylation is 1. The van der Waals surface area contributed by atoms with Crippen LogP contribution in [0.25, 0.3) is 0 Å². The zero-order valence-electron chi connectivity index (χ0n) is 10.2. The Kier molecular flexibility index (Phi) is 4.83. The summed E-state index contributed by atoms with van der Waals surface area (Å²) in [5.41, 5.74) is 8.89. The van der Waals surface area contributed by atoms with Crippen molar-refractivity contribution in [2.24, 2.45) is 11.7 Å². The summed E-state index contributed by atoms with van der Waals surface area (Å²) in [6.45, 7) is 6.61. The topological polar surface area (TPSA) is 26.0 Å². The van der Waals surface area contributed by atoms with E-state index in [-0.39, 0.29) is 0 Å². The Balaban J connectivity index is 2.57. The lowest BCUT2D eigenvalue weighted by Crippen LogP contribution is -2.30. The molecule has 2 unspecified atom stereocenters. The summed E-state index contributed by atoms with van der Waals surface area (Å²) in [5.74, 6) is 0.607. The molecule has 0 fully saturated rings. The first kappa shape index (κ1) is 12.3. The van der Waals surface area contributed by atoms with Gasteiger partial charge < -0.3 is 5.73 Å². The summed E-state index contributed by atoms with van der Waals surface area (Å²) in [7, 11) is 0. The van der Waals surface area contributed by atoms with Crippen LogP contribution in [0.5, 0.6) is 0 Å². The van der Waals surface area contributed by atoms with Crippen molar-refractivity contribution in [3.63, 3.8) is 0 Å². The number of hydrogen-bond donors (Lipinski definition) is 1. The van der Waals surface area contributed by atoms with Gasteiger partial charge in [0.25, 0.3) is 0 Å². The average Bonchev–Trinajstić information content (AvgIpc) is 2.29. The van der Waals surface area contributed by atoms with Crippen molar-refractivity contribution in [3.05, 3.63) is 35.4 Å². The zero-order chi connectivity index (χ0) is 11.3. The SMILES string of the molecule is CCc1ccc(CC(N)C(C)CC)cc1. The summed E-state index contributed by atoms with van der Waals surface area (Å²) in [6, 6.07) is 9.13. The molecular weight excluding hydrogens is 182 g/mol. The molecule has 0 heterocycles. The van der Waals surface area contributed by atoms with Crippen molar-refractivity contribution in [1.29, 1.82) is 0 Å². The number of benzene rings is 1. The van der Waals surface area contributed by atoms with E-state index in [1.165, 1.54) is 11.1 Å². The van der Waals surface area contributed by atoms with E-state index in [2.05, 4.69) is 45.0 Å². The fourth-order valence-corrected chi connectivity index (χ4v) is 1.69. The van der Waals surface area contributed by atoms with E-state index in [4.69, 9.17) is 5.73 Å². The van der Waals surface area contributed by atoms with Gasteiger partial charge in [0.1, 0.15) is 0 Å². The van der Waals surface area contributed by atoms with E-state index in [0.717, 1.165) is 19.3 Å². The molecule has 0 radical (unpaired) electrons. The maximum absolute atomic E-state index is 6.13. The van der Waals surface area contributed by atoms with Crippen LogP contribution < -0.4 is 5.73 Å². The highest BCUT2D eigenvalue weighted by Gasteiger charge is 2.10. The van der Waals surface area contributed by atoms with Gasteiger partial charge in [0.15, 0.2) is 0 Å². The Hall–Kier alpha value is -0.820. The Labute approximate surface area is 93.7 Å². The molecule has 0 saturated carbocycles. The van der Waals surface area contributed by atoms with Crippen molar-refractivity contribution < 1.29 is 0 Å². The first-order valence-corrected chi connectivity index (χ1v) is 6.00. The second-order valence-electron chi connectivity index (χ2n) is 4.42. The molecule has 1 rings (SSSR count). The van der Waals surface area contributed by atoms with Crippen LogP contribution in [0.3, 0.4) is 0 Å². The second kappa shape index (κ2) is 5.92. The third-order valence-corrected chi connectivity index (χ3v) is 3.28. The highest BCUT2D eigenvalue weighted by molar-refractivity contribution is 5.23. The van der Waals surface area contributed by atoms with Crippen LogP contribution in [0.4, 0.5) is 0 Å². The molecule has 84 valence electrons. The predicted molar refractivity (Wildman–Crippen MR) is 67.0 cm³/mol. The lowest BCUT2D eigenvalue weighted by atomic mass is 9.93. The van der Waals surface area contributed by atoms with Gasteiger partial charge in [0.2, 0.25) is 0 Å². The second-order valence-corrected chi connectivity index (χ2v) is 4.42. The third-order valence-electron chi connectivity index (χ3n) is 3.28. The highest BCUT2D eigenvalue weighted by atomic mass is 14.6. The van der Waals surface area contributed by atoms with Gasteiger partial charge in [-0.2, -0.15) is 0 Å². The zero-order valence-corrected chi connectivity index (χ0v) is 10.2. The molecule has 0 spiro atoms. The molecule has 0 aliphatic rings. The van der Waals surface area contributed by atoms with E-state index >= 15 is 0 Å². The fourth-order valence-electron chi connectivity index (χ4n) is 1.69. The average molecular weight is 205 g/mol. The predicted octanol–water partition coefficient (Wildman–Crippen LogP) is 3.16. The minimum absolute atomic E-state index is 0.294. The molecule has 0 aliphatic carbocycles. The van der Waals surface area contributed by atoms with Crippen molar-refractivity contribution >= 4 is 0 Å². The van der Waals surface area contributed by atoms with E-state index in [9.17, 15) is 0 Å². The molecule has 2 atom stereocenters. The molecule has 1 nitrogen and oxygen atoms in total. The van der Waals surface area contributed by atoms with Crippen LogP contribution in [0.1, 0.15) is 38.3 Å². The van der Waals surface area contributed by atoms with Gasteiger partial charge in [-0.1, -0.05) is 51.5 Å². The van der Waals surface area contributed by atoms with Crippen LogP contribution in [0.2, 0.25) is 0 Å². The molecule has 0 bridgehead atoms. The standard InChI is InChI=1S/C14H23N/c1-4-11(3)14(15)10-13-8-6-12(5-2)7-9-13/h6-9,11,14H,4-5,10,15H2,1-3H3. The monoisotopic (exact) mass is 205 g/mol. The highest BCUT2D eigenvalue weighted by Crippen LogP contribution is 2.12. The molecule has 1 aromatic carbocycles. The normalized spacial score (nSPS) is 14.9. The Morgan fingerprint density at radius 3 is 2.07 bits per heavy atom. The largest absolute Gasteiger partial charge is 0.327 e. The van der Waals surface area contributed by atoms with E-state index in [0.29, 0.717) is 12.0 Å². The van der Waals surface area contributed by atoms with Gasteiger partial charge >= 0.3 is 0 Å². The smallest absolute Gasteiger partial charge is 0.0105 e. The molecular formula is C14H23N. The van der Waals surface area contributed by atoms with E-state index in [1.807, 2.05) is 0 Å².